The van der Waals surface area contributed by atoms with Crippen LogP contribution in [-0.4, -0.2) is 29.5 Å². The van der Waals surface area contributed by atoms with E-state index < -0.39 is 11.7 Å². The molecule has 3 rings (SSSR count). The van der Waals surface area contributed by atoms with Gasteiger partial charge < -0.3 is 25.8 Å². The van der Waals surface area contributed by atoms with Crippen molar-refractivity contribution in [1.82, 2.24) is 4.90 Å². The van der Waals surface area contributed by atoms with Gasteiger partial charge in [-0.05, 0) is 65.9 Å². The van der Waals surface area contributed by atoms with Crippen LogP contribution in [0.3, 0.4) is 0 Å². The number of hydrogen-bond acceptors (Lipinski definition) is 5. The number of benzene rings is 2. The fraction of sp³-hybridized carbons (Fsp3) is 0.150. The highest BCUT2D eigenvalue weighted by molar-refractivity contribution is 14.1. The van der Waals surface area contributed by atoms with Crippen molar-refractivity contribution < 1.29 is 19.0 Å². The number of likely N-dealkylation sites (N-methyl/N-ethyl adjacent to an activating group) is 1. The van der Waals surface area contributed by atoms with E-state index in [1.165, 1.54) is 6.07 Å². The van der Waals surface area contributed by atoms with Crippen LogP contribution in [0.4, 0.5) is 10.1 Å². The lowest BCUT2D eigenvalue weighted by Gasteiger charge is -2.30. The molecule has 0 radical (unpaired) electrons. The number of ether oxygens (including phenoxy) is 1. The second kappa shape index (κ2) is 8.09. The van der Waals surface area contributed by atoms with E-state index >= 15 is 0 Å². The molecule has 1 heterocycles. The maximum Gasteiger partial charge on any atom is 0.256 e. The van der Waals surface area contributed by atoms with Gasteiger partial charge in [-0.1, -0.05) is 6.07 Å². The number of phenols is 1. The number of carbonyl (C=O) groups excluding carboxylic acids is 1. The zero-order chi connectivity index (χ0) is 20.4. The molecule has 8 heteroatoms. The van der Waals surface area contributed by atoms with Crippen LogP contribution in [0.15, 0.2) is 59.6 Å². The zero-order valence-electron chi connectivity index (χ0n) is 15.3. The molecule has 2 aromatic carbocycles. The summed E-state index contributed by atoms with van der Waals surface area (Å²) in [6.07, 6.45) is 1.71. The van der Waals surface area contributed by atoms with Gasteiger partial charge in [0.15, 0.2) is 0 Å². The number of nitrogens with zero attached hydrogens (tertiary/aromatic N) is 1. The highest BCUT2D eigenvalue weighted by Gasteiger charge is 2.27. The number of hydrogen-bond donors (Lipinski definition) is 3. The minimum atomic E-state index is -0.718. The molecule has 2 aromatic rings. The fourth-order valence-electron chi connectivity index (χ4n) is 2.76. The number of nitrogens with one attached hydrogen (secondary N) is 1. The van der Waals surface area contributed by atoms with Crippen molar-refractivity contribution in [1.29, 1.82) is 0 Å². The molecule has 0 unspecified atom stereocenters. The normalized spacial score (nSPS) is 14.0. The lowest BCUT2D eigenvalue weighted by molar-refractivity contribution is -0.114. The minimum absolute atomic E-state index is 0.0786. The summed E-state index contributed by atoms with van der Waals surface area (Å²) in [5, 5.41) is 12.8. The summed E-state index contributed by atoms with van der Waals surface area (Å²) in [7, 11) is 1.75. The number of nitrogens with two attached hydrogens (primary N) is 1. The zero-order valence-corrected chi connectivity index (χ0v) is 17.5. The molecule has 146 valence electrons. The highest BCUT2D eigenvalue weighted by Crippen LogP contribution is 2.32. The van der Waals surface area contributed by atoms with Crippen molar-refractivity contribution in [2.45, 2.75) is 6.92 Å². The van der Waals surface area contributed by atoms with Gasteiger partial charge in [0.05, 0.1) is 5.69 Å². The summed E-state index contributed by atoms with van der Waals surface area (Å²) in [5.74, 6) is -0.110. The summed E-state index contributed by atoms with van der Waals surface area (Å²) >= 11 is 2.02. The van der Waals surface area contributed by atoms with Crippen LogP contribution in [0.2, 0.25) is 0 Å². The first-order valence-corrected chi connectivity index (χ1v) is 9.50. The predicted octanol–water partition coefficient (Wildman–Crippen LogP) is 3.46. The van der Waals surface area contributed by atoms with E-state index in [2.05, 4.69) is 5.32 Å². The average molecular weight is 495 g/mol. The Morgan fingerprint density at radius 3 is 2.79 bits per heavy atom. The van der Waals surface area contributed by atoms with E-state index in [1.807, 2.05) is 22.6 Å². The number of anilines is 1. The molecule has 1 aliphatic heterocycles. The molecule has 0 spiro atoms. The summed E-state index contributed by atoms with van der Waals surface area (Å²) in [4.78, 5) is 14.0. The molecule has 0 bridgehead atoms. The number of halogens is 2. The van der Waals surface area contributed by atoms with Crippen LogP contribution in [-0.2, 0) is 4.79 Å². The summed E-state index contributed by atoms with van der Waals surface area (Å²) in [6.45, 7) is 2.12. The molecule has 0 aliphatic carbocycles. The molecule has 0 atom stereocenters. The molecular weight excluding hydrogens is 476 g/mol. The average Bonchev–Trinajstić information content (AvgIpc) is 2.63. The van der Waals surface area contributed by atoms with E-state index in [-0.39, 0.29) is 22.8 Å². The number of amides is 1. The number of primary amides is 1. The Kier molecular flexibility index (Phi) is 5.78. The van der Waals surface area contributed by atoms with Gasteiger partial charge >= 0.3 is 0 Å². The predicted molar refractivity (Wildman–Crippen MR) is 113 cm³/mol. The van der Waals surface area contributed by atoms with Gasteiger partial charge in [-0.3, -0.25) is 4.79 Å². The maximum absolute atomic E-state index is 14.3. The Hall–Kier alpha value is -2.75. The Labute approximate surface area is 175 Å². The molecule has 0 saturated carbocycles. The SMILES string of the molecule is Cc1c(O)cccc1OC1=CCN(C)C(Nc2ccc(I)cc2F)=C1C(N)=O. The van der Waals surface area contributed by atoms with Gasteiger partial charge in [-0.25, -0.2) is 4.39 Å². The Bertz CT molecular complexity index is 1000. The number of rotatable bonds is 5. The first kappa shape index (κ1) is 20.0. The number of carbonyl (C=O) groups is 1. The third-order valence-electron chi connectivity index (χ3n) is 4.32. The topological polar surface area (TPSA) is 87.8 Å². The molecule has 0 fully saturated rings. The molecule has 1 aliphatic rings. The molecule has 1 amide bonds. The monoisotopic (exact) mass is 495 g/mol. The Morgan fingerprint density at radius 2 is 2.11 bits per heavy atom. The first-order valence-electron chi connectivity index (χ1n) is 8.42. The molecule has 4 N–H and O–H groups in total. The van der Waals surface area contributed by atoms with E-state index in [4.69, 9.17) is 10.5 Å². The summed E-state index contributed by atoms with van der Waals surface area (Å²) in [5.41, 5.74) is 6.46. The van der Waals surface area contributed by atoms with Crippen molar-refractivity contribution >= 4 is 34.2 Å². The van der Waals surface area contributed by atoms with Crippen LogP contribution >= 0.6 is 22.6 Å². The smallest absolute Gasteiger partial charge is 0.256 e. The van der Waals surface area contributed by atoms with E-state index in [9.17, 15) is 14.3 Å². The van der Waals surface area contributed by atoms with Crippen LogP contribution in [0.1, 0.15) is 5.56 Å². The van der Waals surface area contributed by atoms with Gasteiger partial charge in [0, 0.05) is 22.7 Å². The largest absolute Gasteiger partial charge is 0.508 e. The summed E-state index contributed by atoms with van der Waals surface area (Å²) < 4.78 is 20.9. The van der Waals surface area contributed by atoms with E-state index in [0.29, 0.717) is 23.7 Å². The van der Waals surface area contributed by atoms with Crippen molar-refractivity contribution in [2.75, 3.05) is 18.9 Å². The molecule has 28 heavy (non-hydrogen) atoms. The number of aromatic hydroxyl groups is 1. The second-order valence-corrected chi connectivity index (χ2v) is 7.53. The van der Waals surface area contributed by atoms with Crippen molar-refractivity contribution in [3.8, 4) is 11.5 Å². The van der Waals surface area contributed by atoms with Crippen molar-refractivity contribution in [3.05, 3.63) is 74.6 Å². The van der Waals surface area contributed by atoms with Crippen LogP contribution in [0.25, 0.3) is 0 Å². The third kappa shape index (κ3) is 4.06. The standard InChI is InChI=1S/C20H19FIN3O3/c1-11-15(26)4-3-5-16(11)28-17-8-9-25(2)20(18(17)19(23)27)24-14-7-6-12(22)10-13(14)21/h3-8,10,24,26H,9H2,1-2H3,(H2,23,27). The van der Waals surface area contributed by atoms with Crippen LogP contribution in [0, 0.1) is 16.3 Å². The summed E-state index contributed by atoms with van der Waals surface area (Å²) in [6, 6.07) is 9.60. The lowest BCUT2D eigenvalue weighted by atomic mass is 10.1. The quantitative estimate of drug-likeness (QED) is 0.554. The fourth-order valence-corrected chi connectivity index (χ4v) is 3.21. The van der Waals surface area contributed by atoms with Gasteiger partial charge in [0.2, 0.25) is 0 Å². The van der Waals surface area contributed by atoms with Crippen LogP contribution in [0.5, 0.6) is 11.5 Å². The first-order chi connectivity index (χ1) is 13.3. The van der Waals surface area contributed by atoms with Crippen molar-refractivity contribution in [3.63, 3.8) is 0 Å². The number of phenolic OH excluding ortho intramolecular Hbond substituents is 1. The van der Waals surface area contributed by atoms with Gasteiger partial charge in [-0.15, -0.1) is 0 Å². The van der Waals surface area contributed by atoms with E-state index in [0.717, 1.165) is 3.57 Å². The van der Waals surface area contributed by atoms with Gasteiger partial charge in [-0.2, -0.15) is 0 Å². The third-order valence-corrected chi connectivity index (χ3v) is 4.99. The molecule has 6 nitrogen and oxygen atoms in total. The molecule has 0 aromatic heterocycles. The Balaban J connectivity index is 2.01. The molecular formula is C20H19FIN3O3. The van der Waals surface area contributed by atoms with Gasteiger partial charge in [0.25, 0.3) is 5.91 Å². The van der Waals surface area contributed by atoms with Crippen LogP contribution < -0.4 is 15.8 Å². The Morgan fingerprint density at radius 1 is 1.36 bits per heavy atom. The van der Waals surface area contributed by atoms with E-state index in [1.54, 1.807) is 55.3 Å². The maximum atomic E-state index is 14.3. The van der Waals surface area contributed by atoms with Crippen molar-refractivity contribution in [2.24, 2.45) is 5.73 Å². The van der Waals surface area contributed by atoms with Gasteiger partial charge in [0.1, 0.15) is 34.5 Å². The second-order valence-electron chi connectivity index (χ2n) is 6.29. The lowest BCUT2D eigenvalue weighted by Crippen LogP contribution is -2.34. The minimum Gasteiger partial charge on any atom is -0.508 e. The highest BCUT2D eigenvalue weighted by atomic mass is 127. The molecule has 0 saturated heterocycles.